The van der Waals surface area contributed by atoms with Gasteiger partial charge in [0.05, 0.1) is 28.4 Å². The van der Waals surface area contributed by atoms with E-state index in [0.29, 0.717) is 10.7 Å². The van der Waals surface area contributed by atoms with Gasteiger partial charge in [0, 0.05) is 18.5 Å². The van der Waals surface area contributed by atoms with E-state index < -0.39 is 11.9 Å². The third-order valence-corrected chi connectivity index (χ3v) is 4.73. The van der Waals surface area contributed by atoms with E-state index in [2.05, 4.69) is 5.10 Å². The zero-order chi connectivity index (χ0) is 15.2. The number of carbonyl (C=O) groups excluding carboxylic acids is 1. The van der Waals surface area contributed by atoms with Gasteiger partial charge in [0.1, 0.15) is 4.88 Å². The summed E-state index contributed by atoms with van der Waals surface area (Å²) in [7, 11) is 0. The molecule has 0 N–H and O–H groups in total. The standard InChI is InChI=1S/C13H11ClF2N2O2S/c1-2-20-12(19)9-5-7-10-8(14)6-17-18(10)4-3-13(15,16)11(7)21-9/h5-6H,2-4H2,1H3. The van der Waals surface area contributed by atoms with E-state index in [9.17, 15) is 13.6 Å². The molecule has 0 spiro atoms. The lowest BCUT2D eigenvalue weighted by Crippen LogP contribution is -2.13. The number of thiophene rings is 1. The number of aromatic nitrogens is 2. The van der Waals surface area contributed by atoms with Crippen LogP contribution >= 0.6 is 22.9 Å². The van der Waals surface area contributed by atoms with Crippen LogP contribution in [-0.4, -0.2) is 22.4 Å². The predicted octanol–water partition coefficient (Wildman–Crippen LogP) is 3.94. The Hall–Kier alpha value is -1.47. The number of hydrogen-bond donors (Lipinski definition) is 0. The molecule has 2 aromatic heterocycles. The first-order valence-electron chi connectivity index (χ1n) is 6.35. The fraction of sp³-hybridized carbons (Fsp3) is 0.385. The molecule has 3 rings (SSSR count). The molecule has 0 saturated carbocycles. The Morgan fingerprint density at radius 2 is 2.38 bits per heavy atom. The average molecular weight is 333 g/mol. The van der Waals surface area contributed by atoms with Gasteiger partial charge in [-0.15, -0.1) is 11.3 Å². The van der Waals surface area contributed by atoms with E-state index in [1.807, 2.05) is 0 Å². The monoisotopic (exact) mass is 332 g/mol. The first kappa shape index (κ1) is 14.5. The highest BCUT2D eigenvalue weighted by Gasteiger charge is 2.41. The molecule has 1 aliphatic heterocycles. The van der Waals surface area contributed by atoms with Gasteiger partial charge >= 0.3 is 5.97 Å². The maximum Gasteiger partial charge on any atom is 0.348 e. The number of fused-ring (bicyclic) bond motifs is 3. The van der Waals surface area contributed by atoms with Gasteiger partial charge in [-0.3, -0.25) is 4.68 Å². The van der Waals surface area contributed by atoms with Crippen LogP contribution in [0.4, 0.5) is 8.78 Å². The van der Waals surface area contributed by atoms with Gasteiger partial charge in [0.2, 0.25) is 0 Å². The molecule has 3 heterocycles. The highest BCUT2D eigenvalue weighted by Crippen LogP contribution is 2.47. The fourth-order valence-corrected chi connectivity index (χ4v) is 3.60. The minimum absolute atomic E-state index is 0.0746. The first-order chi connectivity index (χ1) is 9.94. The number of ether oxygens (including phenoxy) is 1. The van der Waals surface area contributed by atoms with Crippen molar-refractivity contribution in [2.75, 3.05) is 6.61 Å². The minimum atomic E-state index is -3.02. The topological polar surface area (TPSA) is 44.1 Å². The summed E-state index contributed by atoms with van der Waals surface area (Å²) in [5, 5.41) is 4.30. The Labute approximate surface area is 128 Å². The van der Waals surface area contributed by atoms with Crippen molar-refractivity contribution in [3.8, 4) is 11.3 Å². The Morgan fingerprint density at radius 1 is 1.62 bits per heavy atom. The smallest absolute Gasteiger partial charge is 0.348 e. The third-order valence-electron chi connectivity index (χ3n) is 3.23. The third kappa shape index (κ3) is 2.34. The van der Waals surface area contributed by atoms with Gasteiger partial charge < -0.3 is 4.74 Å². The highest BCUT2D eigenvalue weighted by atomic mass is 35.5. The normalized spacial score (nSPS) is 16.0. The van der Waals surface area contributed by atoms with Crippen LogP contribution in [0, 0.1) is 0 Å². The van der Waals surface area contributed by atoms with Crippen molar-refractivity contribution >= 4 is 28.9 Å². The molecule has 8 heteroatoms. The molecular weight excluding hydrogens is 322 g/mol. The van der Waals surface area contributed by atoms with Gasteiger partial charge in [0.15, 0.2) is 0 Å². The minimum Gasteiger partial charge on any atom is -0.462 e. The highest BCUT2D eigenvalue weighted by molar-refractivity contribution is 7.14. The molecule has 21 heavy (non-hydrogen) atoms. The Balaban J connectivity index is 2.18. The molecule has 2 aromatic rings. The number of hydrogen-bond acceptors (Lipinski definition) is 4. The van der Waals surface area contributed by atoms with Crippen LogP contribution in [0.3, 0.4) is 0 Å². The zero-order valence-electron chi connectivity index (χ0n) is 11.0. The maximum absolute atomic E-state index is 14.3. The number of esters is 1. The van der Waals surface area contributed by atoms with Crippen molar-refractivity contribution in [1.29, 1.82) is 0 Å². The van der Waals surface area contributed by atoms with E-state index in [0.717, 1.165) is 11.3 Å². The Morgan fingerprint density at radius 3 is 3.10 bits per heavy atom. The van der Waals surface area contributed by atoms with Crippen molar-refractivity contribution < 1.29 is 18.3 Å². The van der Waals surface area contributed by atoms with Crippen molar-refractivity contribution in [1.82, 2.24) is 9.78 Å². The summed E-state index contributed by atoms with van der Waals surface area (Å²) in [5.41, 5.74) is 0.684. The zero-order valence-corrected chi connectivity index (χ0v) is 12.6. The summed E-state index contributed by atoms with van der Waals surface area (Å²) in [6.07, 6.45) is 1.04. The number of halogens is 3. The second kappa shape index (κ2) is 5.06. The molecular formula is C13H11ClF2N2O2S. The van der Waals surface area contributed by atoms with Gasteiger partial charge in [-0.05, 0) is 13.0 Å². The van der Waals surface area contributed by atoms with Crippen molar-refractivity contribution in [2.45, 2.75) is 25.8 Å². The van der Waals surface area contributed by atoms with Gasteiger partial charge in [0.25, 0.3) is 5.92 Å². The average Bonchev–Trinajstić information content (AvgIpc) is 2.98. The summed E-state index contributed by atoms with van der Waals surface area (Å²) < 4.78 is 34.9. The molecule has 0 aromatic carbocycles. The molecule has 0 atom stereocenters. The summed E-state index contributed by atoms with van der Waals surface area (Å²) in [4.78, 5) is 11.8. The molecule has 0 saturated heterocycles. The predicted molar refractivity (Wildman–Crippen MR) is 75.0 cm³/mol. The molecule has 0 radical (unpaired) electrons. The van der Waals surface area contributed by atoms with E-state index in [4.69, 9.17) is 16.3 Å². The number of carbonyl (C=O) groups is 1. The SMILES string of the molecule is CCOC(=O)c1cc2c(s1)C(F)(F)CCn1ncc(Cl)c1-2. The van der Waals surface area contributed by atoms with E-state index in [1.165, 1.54) is 16.9 Å². The van der Waals surface area contributed by atoms with Crippen molar-refractivity contribution in [2.24, 2.45) is 0 Å². The molecule has 0 fully saturated rings. The number of alkyl halides is 2. The lowest BCUT2D eigenvalue weighted by molar-refractivity contribution is -0.0122. The lowest BCUT2D eigenvalue weighted by Gasteiger charge is -2.12. The second-order valence-corrected chi connectivity index (χ2v) is 6.05. The van der Waals surface area contributed by atoms with E-state index in [-0.39, 0.29) is 34.9 Å². The number of aryl methyl sites for hydroxylation is 1. The molecule has 112 valence electrons. The summed E-state index contributed by atoms with van der Waals surface area (Å²) >= 11 is 6.82. The summed E-state index contributed by atoms with van der Waals surface area (Å²) in [5.74, 6) is -3.62. The largest absolute Gasteiger partial charge is 0.462 e. The fourth-order valence-electron chi connectivity index (χ4n) is 2.30. The Bertz CT molecular complexity index is 711. The quantitative estimate of drug-likeness (QED) is 0.782. The summed E-state index contributed by atoms with van der Waals surface area (Å²) in [6.45, 7) is 1.93. The number of rotatable bonds is 2. The summed E-state index contributed by atoms with van der Waals surface area (Å²) in [6, 6.07) is 1.41. The van der Waals surface area contributed by atoms with Gasteiger partial charge in [-0.25, -0.2) is 13.6 Å². The molecule has 0 unspecified atom stereocenters. The van der Waals surface area contributed by atoms with Crippen LogP contribution in [0.1, 0.15) is 27.9 Å². The molecule has 0 amide bonds. The van der Waals surface area contributed by atoms with Crippen LogP contribution < -0.4 is 0 Å². The molecule has 4 nitrogen and oxygen atoms in total. The Kier molecular flexibility index (Phi) is 3.49. The van der Waals surface area contributed by atoms with E-state index >= 15 is 0 Å². The van der Waals surface area contributed by atoms with Crippen LogP contribution in [0.2, 0.25) is 5.02 Å². The van der Waals surface area contributed by atoms with E-state index in [1.54, 1.807) is 6.92 Å². The number of nitrogens with zero attached hydrogens (tertiary/aromatic N) is 2. The van der Waals surface area contributed by atoms with Crippen LogP contribution in [0.5, 0.6) is 0 Å². The second-order valence-electron chi connectivity index (χ2n) is 4.59. The first-order valence-corrected chi connectivity index (χ1v) is 7.54. The van der Waals surface area contributed by atoms with Crippen LogP contribution in [0.15, 0.2) is 12.3 Å². The lowest BCUT2D eigenvalue weighted by atomic mass is 10.1. The van der Waals surface area contributed by atoms with Gasteiger partial charge in [-0.2, -0.15) is 5.10 Å². The van der Waals surface area contributed by atoms with Crippen molar-refractivity contribution in [3.05, 3.63) is 27.0 Å². The molecule has 0 aliphatic carbocycles. The van der Waals surface area contributed by atoms with Crippen molar-refractivity contribution in [3.63, 3.8) is 0 Å². The maximum atomic E-state index is 14.3. The van der Waals surface area contributed by atoms with Crippen LogP contribution in [-0.2, 0) is 17.2 Å². The van der Waals surface area contributed by atoms with Crippen LogP contribution in [0.25, 0.3) is 11.3 Å². The molecule has 0 bridgehead atoms. The van der Waals surface area contributed by atoms with Gasteiger partial charge in [-0.1, -0.05) is 11.6 Å². The molecule has 1 aliphatic rings.